The van der Waals surface area contributed by atoms with Crippen LogP contribution < -0.4 is 5.73 Å². The molecule has 3 N–H and O–H groups in total. The van der Waals surface area contributed by atoms with E-state index >= 15 is 0 Å². The number of aromatic nitrogens is 2. The van der Waals surface area contributed by atoms with E-state index in [4.69, 9.17) is 5.73 Å². The lowest BCUT2D eigenvalue weighted by atomic mass is 9.90. The second kappa shape index (κ2) is 5.61. The Morgan fingerprint density at radius 2 is 2.11 bits per heavy atom. The molecule has 1 aliphatic rings. The molecule has 0 bridgehead atoms. The summed E-state index contributed by atoms with van der Waals surface area (Å²) in [6, 6.07) is 0.307. The first-order valence-electron chi connectivity index (χ1n) is 7.13. The van der Waals surface area contributed by atoms with Crippen LogP contribution in [0.5, 0.6) is 0 Å². The Morgan fingerprint density at radius 1 is 1.47 bits per heavy atom. The third-order valence-corrected chi connectivity index (χ3v) is 4.21. The fraction of sp³-hybridized carbons (Fsp3) is 0.786. The summed E-state index contributed by atoms with van der Waals surface area (Å²) in [4.78, 5) is 2.39. The van der Waals surface area contributed by atoms with Gasteiger partial charge in [0.25, 0.3) is 0 Å². The highest BCUT2D eigenvalue weighted by atomic mass is 16.3. The molecule has 1 aromatic rings. The molecule has 2 rings (SSSR count). The molecule has 1 saturated heterocycles. The van der Waals surface area contributed by atoms with E-state index in [2.05, 4.69) is 16.9 Å². The van der Waals surface area contributed by atoms with Gasteiger partial charge in [-0.05, 0) is 26.2 Å². The predicted octanol–water partition coefficient (Wildman–Crippen LogP) is 1.05. The monoisotopic (exact) mass is 266 g/mol. The van der Waals surface area contributed by atoms with Crippen LogP contribution in [-0.2, 0) is 7.05 Å². The van der Waals surface area contributed by atoms with Gasteiger partial charge < -0.3 is 10.8 Å². The van der Waals surface area contributed by atoms with Crippen LogP contribution in [0.1, 0.15) is 44.7 Å². The first-order valence-corrected chi connectivity index (χ1v) is 7.13. The van der Waals surface area contributed by atoms with Crippen LogP contribution in [-0.4, -0.2) is 44.5 Å². The summed E-state index contributed by atoms with van der Waals surface area (Å²) < 4.78 is 1.82. The molecule has 0 radical (unpaired) electrons. The molecule has 0 amide bonds. The lowest BCUT2D eigenvalue weighted by Crippen LogP contribution is -2.48. The van der Waals surface area contributed by atoms with Crippen molar-refractivity contribution in [1.29, 1.82) is 0 Å². The van der Waals surface area contributed by atoms with Crippen LogP contribution in [0.3, 0.4) is 0 Å². The molecule has 1 fully saturated rings. The van der Waals surface area contributed by atoms with Crippen LogP contribution in [0, 0.1) is 0 Å². The summed E-state index contributed by atoms with van der Waals surface area (Å²) >= 11 is 0. The minimum absolute atomic E-state index is 0.104. The molecule has 5 heteroatoms. The Labute approximate surface area is 115 Å². The van der Waals surface area contributed by atoms with Crippen molar-refractivity contribution in [2.24, 2.45) is 12.8 Å². The Kier molecular flexibility index (Phi) is 4.28. The van der Waals surface area contributed by atoms with Crippen molar-refractivity contribution in [3.05, 3.63) is 18.0 Å². The first-order chi connectivity index (χ1) is 8.93. The third-order valence-electron chi connectivity index (χ3n) is 4.21. The van der Waals surface area contributed by atoms with Gasteiger partial charge in [0.15, 0.2) is 0 Å². The fourth-order valence-electron chi connectivity index (χ4n) is 2.83. The average Bonchev–Trinajstić information content (AvgIpc) is 2.78. The maximum Gasteiger partial charge on any atom is 0.0644 e. The number of nitrogens with zero attached hydrogens (tertiary/aromatic N) is 3. The predicted molar refractivity (Wildman–Crippen MR) is 75.6 cm³/mol. The van der Waals surface area contributed by atoms with E-state index in [1.54, 1.807) is 0 Å². The van der Waals surface area contributed by atoms with Crippen molar-refractivity contribution in [1.82, 2.24) is 14.7 Å². The van der Waals surface area contributed by atoms with Crippen LogP contribution in [0.2, 0.25) is 0 Å². The molecular formula is C14H26N4O. The van der Waals surface area contributed by atoms with Crippen molar-refractivity contribution in [3.8, 4) is 0 Å². The number of hydrogen-bond acceptors (Lipinski definition) is 4. The molecule has 0 aliphatic carbocycles. The Balaban J connectivity index is 2.15. The molecule has 108 valence electrons. The Bertz CT molecular complexity index is 405. The lowest BCUT2D eigenvalue weighted by Gasteiger charge is -2.41. The van der Waals surface area contributed by atoms with Crippen LogP contribution in [0.4, 0.5) is 0 Å². The van der Waals surface area contributed by atoms with Gasteiger partial charge in [-0.1, -0.05) is 6.92 Å². The fourth-order valence-corrected chi connectivity index (χ4v) is 2.83. The van der Waals surface area contributed by atoms with Gasteiger partial charge in [0.05, 0.1) is 17.8 Å². The zero-order chi connectivity index (χ0) is 14.0. The lowest BCUT2D eigenvalue weighted by molar-refractivity contribution is -0.0202. The maximum absolute atomic E-state index is 10.1. The minimum atomic E-state index is -0.522. The average molecular weight is 266 g/mol. The maximum atomic E-state index is 10.1. The van der Waals surface area contributed by atoms with Crippen LogP contribution >= 0.6 is 0 Å². The standard InChI is InChI=1S/C14H26N4O/c1-4-12(15)13(11-9-16-17(3)10-11)18-7-5-14(2,19)6-8-18/h9-10,12-13,19H,4-8,15H2,1-3H3. The number of aliphatic hydroxyl groups is 1. The molecule has 5 nitrogen and oxygen atoms in total. The van der Waals surface area contributed by atoms with Crippen LogP contribution in [0.15, 0.2) is 12.4 Å². The highest BCUT2D eigenvalue weighted by Gasteiger charge is 2.33. The smallest absolute Gasteiger partial charge is 0.0644 e. The van der Waals surface area contributed by atoms with Gasteiger partial charge in [-0.15, -0.1) is 0 Å². The van der Waals surface area contributed by atoms with E-state index in [0.717, 1.165) is 32.4 Å². The molecule has 0 spiro atoms. The van der Waals surface area contributed by atoms with Gasteiger partial charge in [-0.25, -0.2) is 0 Å². The highest BCUT2D eigenvalue weighted by Crippen LogP contribution is 2.30. The van der Waals surface area contributed by atoms with E-state index in [1.807, 2.05) is 31.0 Å². The molecule has 19 heavy (non-hydrogen) atoms. The van der Waals surface area contributed by atoms with Gasteiger partial charge >= 0.3 is 0 Å². The van der Waals surface area contributed by atoms with E-state index < -0.39 is 5.60 Å². The Hall–Kier alpha value is -0.910. The first kappa shape index (κ1) is 14.5. The van der Waals surface area contributed by atoms with Gasteiger partial charge in [-0.2, -0.15) is 5.10 Å². The molecule has 0 saturated carbocycles. The number of likely N-dealkylation sites (tertiary alicyclic amines) is 1. The van der Waals surface area contributed by atoms with Gasteiger partial charge in [0.2, 0.25) is 0 Å². The minimum Gasteiger partial charge on any atom is -0.390 e. The van der Waals surface area contributed by atoms with Gasteiger partial charge in [0.1, 0.15) is 0 Å². The molecule has 2 atom stereocenters. The molecule has 0 aromatic carbocycles. The number of nitrogens with two attached hydrogens (primary N) is 1. The summed E-state index contributed by atoms with van der Waals surface area (Å²) in [6.45, 7) is 5.82. The van der Waals surface area contributed by atoms with Crippen molar-refractivity contribution in [3.63, 3.8) is 0 Å². The van der Waals surface area contributed by atoms with E-state index in [-0.39, 0.29) is 12.1 Å². The normalized spacial score (nSPS) is 23.2. The molecule has 1 aromatic heterocycles. The van der Waals surface area contributed by atoms with Crippen LogP contribution in [0.25, 0.3) is 0 Å². The summed E-state index contributed by atoms with van der Waals surface area (Å²) in [6.07, 6.45) is 6.51. The van der Waals surface area contributed by atoms with Gasteiger partial charge in [-0.3, -0.25) is 9.58 Å². The second-order valence-electron chi connectivity index (χ2n) is 6.00. The quantitative estimate of drug-likeness (QED) is 0.854. The summed E-state index contributed by atoms with van der Waals surface area (Å²) in [5.74, 6) is 0. The second-order valence-corrected chi connectivity index (χ2v) is 6.00. The SMILES string of the molecule is CCC(N)C(c1cnn(C)c1)N1CCC(C)(O)CC1. The van der Waals surface area contributed by atoms with E-state index in [0.29, 0.717) is 0 Å². The highest BCUT2D eigenvalue weighted by molar-refractivity contribution is 5.14. The number of aryl methyl sites for hydroxylation is 1. The summed E-state index contributed by atoms with van der Waals surface area (Å²) in [5.41, 5.74) is 6.97. The van der Waals surface area contributed by atoms with Crippen molar-refractivity contribution in [2.45, 2.75) is 50.8 Å². The largest absolute Gasteiger partial charge is 0.390 e. The molecule has 2 heterocycles. The van der Waals surface area contributed by atoms with E-state index in [1.165, 1.54) is 5.56 Å². The summed E-state index contributed by atoms with van der Waals surface area (Å²) in [7, 11) is 1.93. The zero-order valence-corrected chi connectivity index (χ0v) is 12.2. The van der Waals surface area contributed by atoms with Crippen molar-refractivity contribution < 1.29 is 5.11 Å². The third kappa shape index (κ3) is 3.35. The molecule has 2 unspecified atom stereocenters. The number of hydrogen-bond donors (Lipinski definition) is 2. The zero-order valence-electron chi connectivity index (χ0n) is 12.2. The summed E-state index contributed by atoms with van der Waals surface area (Å²) in [5, 5.41) is 14.3. The van der Waals surface area contributed by atoms with E-state index in [9.17, 15) is 5.11 Å². The van der Waals surface area contributed by atoms with Crippen molar-refractivity contribution >= 4 is 0 Å². The Morgan fingerprint density at radius 3 is 2.58 bits per heavy atom. The topological polar surface area (TPSA) is 67.3 Å². The number of piperidine rings is 1. The molecule has 1 aliphatic heterocycles. The number of rotatable bonds is 4. The molecular weight excluding hydrogens is 240 g/mol. The van der Waals surface area contributed by atoms with Gasteiger partial charge in [0, 0.05) is 37.9 Å². The van der Waals surface area contributed by atoms with Crippen molar-refractivity contribution in [2.75, 3.05) is 13.1 Å².